The largest absolute Gasteiger partial charge is 0.493 e. The van der Waals surface area contributed by atoms with E-state index in [1.54, 1.807) is 0 Å². The lowest BCUT2D eigenvalue weighted by Gasteiger charge is -2.21. The first-order chi connectivity index (χ1) is 12.0. The van der Waals surface area contributed by atoms with Crippen molar-refractivity contribution < 1.29 is 23.8 Å². The van der Waals surface area contributed by atoms with Gasteiger partial charge in [0.2, 0.25) is 0 Å². The lowest BCUT2D eigenvalue weighted by Crippen LogP contribution is -2.33. The number of methoxy groups -OCH3 is 2. The summed E-state index contributed by atoms with van der Waals surface area (Å²) in [7, 11) is 2.90. The number of nitrogens with one attached hydrogen (secondary N) is 1. The first kappa shape index (κ1) is 19.4. The summed E-state index contributed by atoms with van der Waals surface area (Å²) in [5.41, 5.74) is 0.197. The summed E-state index contributed by atoms with van der Waals surface area (Å²) in [5, 5.41) is 3.06. The minimum atomic E-state index is -0.643. The second-order valence-corrected chi connectivity index (χ2v) is 6.49. The summed E-state index contributed by atoms with van der Waals surface area (Å²) in [6, 6.07) is 2.89. The van der Waals surface area contributed by atoms with E-state index >= 15 is 0 Å². The molecule has 1 saturated carbocycles. The summed E-state index contributed by atoms with van der Waals surface area (Å²) in [4.78, 5) is 24.0. The number of hydrogen-bond acceptors (Lipinski definition) is 5. The number of ether oxygens (including phenoxy) is 3. The van der Waals surface area contributed by atoms with Crippen LogP contribution in [-0.4, -0.2) is 39.2 Å². The van der Waals surface area contributed by atoms with Gasteiger partial charge in [0, 0.05) is 6.54 Å². The van der Waals surface area contributed by atoms with Gasteiger partial charge in [-0.05, 0) is 30.9 Å². The van der Waals surface area contributed by atoms with E-state index in [4.69, 9.17) is 25.8 Å². The van der Waals surface area contributed by atoms with Gasteiger partial charge in [0.25, 0.3) is 5.91 Å². The van der Waals surface area contributed by atoms with Gasteiger partial charge in [-0.25, -0.2) is 4.79 Å². The molecule has 0 aliphatic heterocycles. The van der Waals surface area contributed by atoms with Crippen molar-refractivity contribution in [2.75, 3.05) is 27.4 Å². The Morgan fingerprint density at radius 2 is 1.88 bits per heavy atom. The van der Waals surface area contributed by atoms with Crippen LogP contribution in [0.2, 0.25) is 5.02 Å². The zero-order valence-electron chi connectivity index (χ0n) is 14.6. The van der Waals surface area contributed by atoms with E-state index in [1.807, 2.05) is 0 Å². The predicted molar refractivity (Wildman–Crippen MR) is 94.4 cm³/mol. The van der Waals surface area contributed by atoms with Crippen molar-refractivity contribution in [3.05, 3.63) is 22.7 Å². The molecule has 1 aliphatic rings. The zero-order chi connectivity index (χ0) is 18.2. The van der Waals surface area contributed by atoms with Crippen LogP contribution in [0.4, 0.5) is 0 Å². The molecule has 1 aliphatic carbocycles. The fourth-order valence-corrected chi connectivity index (χ4v) is 3.24. The first-order valence-corrected chi connectivity index (χ1v) is 8.78. The summed E-state index contributed by atoms with van der Waals surface area (Å²) in [6.07, 6.45) is 6.00. The van der Waals surface area contributed by atoms with Crippen molar-refractivity contribution >= 4 is 23.5 Å². The Balaban J connectivity index is 1.85. The maximum absolute atomic E-state index is 12.1. The number of amides is 1. The number of carbonyl (C=O) groups is 2. The van der Waals surface area contributed by atoms with E-state index in [0.717, 1.165) is 12.8 Å². The number of carbonyl (C=O) groups excluding carboxylic acids is 2. The topological polar surface area (TPSA) is 73.9 Å². The highest BCUT2D eigenvalue weighted by Crippen LogP contribution is 2.36. The summed E-state index contributed by atoms with van der Waals surface area (Å²) in [5.74, 6) is 0.244. The number of esters is 1. The maximum atomic E-state index is 12.1. The highest BCUT2D eigenvalue weighted by molar-refractivity contribution is 6.32. The van der Waals surface area contributed by atoms with E-state index in [0.29, 0.717) is 24.0 Å². The highest BCUT2D eigenvalue weighted by Gasteiger charge is 2.18. The first-order valence-electron chi connectivity index (χ1n) is 8.40. The third-order valence-corrected chi connectivity index (χ3v) is 4.60. The molecule has 0 aromatic heterocycles. The van der Waals surface area contributed by atoms with E-state index in [1.165, 1.54) is 45.6 Å². The zero-order valence-corrected chi connectivity index (χ0v) is 15.4. The van der Waals surface area contributed by atoms with Gasteiger partial charge in [0.15, 0.2) is 18.1 Å². The fourth-order valence-electron chi connectivity index (χ4n) is 2.95. The smallest absolute Gasteiger partial charge is 0.338 e. The molecule has 25 heavy (non-hydrogen) atoms. The van der Waals surface area contributed by atoms with Crippen molar-refractivity contribution in [2.45, 2.75) is 32.1 Å². The Hall–Kier alpha value is -1.95. The average molecular weight is 370 g/mol. The highest BCUT2D eigenvalue weighted by atomic mass is 35.5. The summed E-state index contributed by atoms with van der Waals surface area (Å²) in [6.45, 7) is 0.316. The van der Waals surface area contributed by atoms with Crippen LogP contribution < -0.4 is 14.8 Å². The molecule has 2 rings (SSSR count). The van der Waals surface area contributed by atoms with Crippen LogP contribution in [0, 0.1) is 5.92 Å². The maximum Gasteiger partial charge on any atom is 0.338 e. The molecule has 1 amide bonds. The summed E-state index contributed by atoms with van der Waals surface area (Å²) < 4.78 is 15.3. The van der Waals surface area contributed by atoms with Gasteiger partial charge < -0.3 is 19.5 Å². The molecule has 0 saturated heterocycles. The second-order valence-electron chi connectivity index (χ2n) is 6.08. The minimum absolute atomic E-state index is 0.197. The molecule has 0 bridgehead atoms. The Morgan fingerprint density at radius 3 is 2.52 bits per heavy atom. The minimum Gasteiger partial charge on any atom is -0.493 e. The van der Waals surface area contributed by atoms with Gasteiger partial charge >= 0.3 is 5.97 Å². The quantitative estimate of drug-likeness (QED) is 0.747. The van der Waals surface area contributed by atoms with Crippen molar-refractivity contribution in [3.63, 3.8) is 0 Å². The molecule has 138 valence electrons. The third kappa shape index (κ3) is 5.53. The van der Waals surface area contributed by atoms with E-state index in [-0.39, 0.29) is 23.1 Å². The third-order valence-electron chi connectivity index (χ3n) is 4.32. The van der Waals surface area contributed by atoms with Crippen molar-refractivity contribution in [1.82, 2.24) is 5.32 Å². The van der Waals surface area contributed by atoms with E-state index in [2.05, 4.69) is 5.32 Å². The predicted octanol–water partition coefficient (Wildman–Crippen LogP) is 3.21. The normalized spacial score (nSPS) is 14.7. The molecule has 0 radical (unpaired) electrons. The van der Waals surface area contributed by atoms with Crippen molar-refractivity contribution in [1.29, 1.82) is 0 Å². The Kier molecular flexibility index (Phi) is 7.37. The Bertz CT molecular complexity index is 614. The molecule has 0 unspecified atom stereocenters. The molecule has 1 aromatic carbocycles. The van der Waals surface area contributed by atoms with E-state index < -0.39 is 5.97 Å². The van der Waals surface area contributed by atoms with Crippen LogP contribution in [-0.2, 0) is 9.53 Å². The number of hydrogen-bond donors (Lipinski definition) is 1. The summed E-state index contributed by atoms with van der Waals surface area (Å²) >= 11 is 6.06. The number of rotatable bonds is 7. The van der Waals surface area contributed by atoms with Gasteiger partial charge in [-0.15, -0.1) is 0 Å². The molecule has 0 spiro atoms. The standard InChI is InChI=1S/C18H24ClNO5/c1-23-15-9-13(8-14(19)17(15)24-2)18(22)25-11-16(21)20-10-12-6-4-3-5-7-12/h8-9,12H,3-7,10-11H2,1-2H3,(H,20,21). The SMILES string of the molecule is COc1cc(C(=O)OCC(=O)NCC2CCCCC2)cc(Cl)c1OC. The fraction of sp³-hybridized carbons (Fsp3) is 0.556. The molecule has 0 atom stereocenters. The van der Waals surface area contributed by atoms with Crippen LogP contribution >= 0.6 is 11.6 Å². The molecule has 1 fully saturated rings. The molecule has 1 aromatic rings. The van der Waals surface area contributed by atoms with Crippen LogP contribution in [0.5, 0.6) is 11.5 Å². The van der Waals surface area contributed by atoms with Crippen LogP contribution in [0.15, 0.2) is 12.1 Å². The second kappa shape index (κ2) is 9.51. The van der Waals surface area contributed by atoms with Gasteiger partial charge in [-0.2, -0.15) is 0 Å². The lowest BCUT2D eigenvalue weighted by molar-refractivity contribution is -0.124. The van der Waals surface area contributed by atoms with Crippen LogP contribution in [0.1, 0.15) is 42.5 Å². The molecular formula is C18H24ClNO5. The lowest BCUT2D eigenvalue weighted by atomic mass is 9.89. The van der Waals surface area contributed by atoms with Crippen molar-refractivity contribution in [2.24, 2.45) is 5.92 Å². The van der Waals surface area contributed by atoms with Gasteiger partial charge in [-0.3, -0.25) is 4.79 Å². The van der Waals surface area contributed by atoms with Gasteiger partial charge in [0.05, 0.1) is 24.8 Å². The van der Waals surface area contributed by atoms with Crippen LogP contribution in [0.25, 0.3) is 0 Å². The molecule has 1 N–H and O–H groups in total. The molecular weight excluding hydrogens is 346 g/mol. The van der Waals surface area contributed by atoms with Crippen LogP contribution in [0.3, 0.4) is 0 Å². The van der Waals surface area contributed by atoms with E-state index in [9.17, 15) is 9.59 Å². The van der Waals surface area contributed by atoms with Crippen molar-refractivity contribution in [3.8, 4) is 11.5 Å². The molecule has 0 heterocycles. The average Bonchev–Trinajstić information content (AvgIpc) is 2.64. The number of benzene rings is 1. The number of halogens is 1. The Morgan fingerprint density at radius 1 is 1.16 bits per heavy atom. The molecule has 7 heteroatoms. The molecule has 6 nitrogen and oxygen atoms in total. The monoisotopic (exact) mass is 369 g/mol. The van der Waals surface area contributed by atoms with Gasteiger partial charge in [-0.1, -0.05) is 30.9 Å². The van der Waals surface area contributed by atoms with Gasteiger partial charge in [0.1, 0.15) is 0 Å². The Labute approximate surface area is 152 Å².